The summed E-state index contributed by atoms with van der Waals surface area (Å²) < 4.78 is 4.91. The van der Waals surface area contributed by atoms with Gasteiger partial charge < -0.3 is 9.64 Å². The van der Waals surface area contributed by atoms with Gasteiger partial charge in [0.25, 0.3) is 0 Å². The van der Waals surface area contributed by atoms with Crippen molar-refractivity contribution >= 4 is 17.6 Å². The van der Waals surface area contributed by atoms with Crippen molar-refractivity contribution in [2.24, 2.45) is 0 Å². The highest BCUT2D eigenvalue weighted by Crippen LogP contribution is 2.29. The number of anilines is 1. The predicted octanol–water partition coefficient (Wildman–Crippen LogP) is 1.70. The predicted molar refractivity (Wildman–Crippen MR) is 68.5 cm³/mol. The Morgan fingerprint density at radius 2 is 2.17 bits per heavy atom. The van der Waals surface area contributed by atoms with Crippen molar-refractivity contribution in [3.8, 4) is 0 Å². The number of esters is 1. The van der Waals surface area contributed by atoms with E-state index in [1.165, 1.54) is 0 Å². The zero-order valence-corrected chi connectivity index (χ0v) is 10.7. The van der Waals surface area contributed by atoms with E-state index < -0.39 is 0 Å². The van der Waals surface area contributed by atoms with Crippen molar-refractivity contribution in [1.29, 1.82) is 0 Å². The van der Waals surface area contributed by atoms with Gasteiger partial charge >= 0.3 is 5.97 Å². The van der Waals surface area contributed by atoms with E-state index in [9.17, 15) is 9.59 Å². The van der Waals surface area contributed by atoms with Gasteiger partial charge in [-0.1, -0.05) is 12.1 Å². The summed E-state index contributed by atoms with van der Waals surface area (Å²) in [6.07, 6.45) is 0.696. The van der Waals surface area contributed by atoms with Crippen LogP contribution in [0.4, 0.5) is 5.69 Å². The average Bonchev–Trinajstić information content (AvgIpc) is 2.63. The molecule has 0 aliphatic carbocycles. The molecule has 0 atom stereocenters. The van der Waals surface area contributed by atoms with Crippen LogP contribution >= 0.6 is 0 Å². The van der Waals surface area contributed by atoms with E-state index >= 15 is 0 Å². The monoisotopic (exact) mass is 247 g/mol. The van der Waals surface area contributed by atoms with Crippen LogP contribution in [-0.2, 0) is 27.2 Å². The fourth-order valence-corrected chi connectivity index (χ4v) is 2.27. The zero-order valence-electron chi connectivity index (χ0n) is 10.7. The van der Waals surface area contributed by atoms with Gasteiger partial charge in [-0.15, -0.1) is 0 Å². The number of nitrogens with zero attached hydrogens (tertiary/aromatic N) is 1. The van der Waals surface area contributed by atoms with Gasteiger partial charge in [-0.3, -0.25) is 9.59 Å². The number of hydrogen-bond acceptors (Lipinski definition) is 3. The molecule has 0 aromatic heterocycles. The van der Waals surface area contributed by atoms with Gasteiger partial charge in [0.2, 0.25) is 5.91 Å². The minimum Gasteiger partial charge on any atom is -0.466 e. The molecule has 1 heterocycles. The molecule has 0 bridgehead atoms. The maximum atomic E-state index is 11.7. The van der Waals surface area contributed by atoms with Crippen molar-refractivity contribution in [3.05, 3.63) is 29.3 Å². The van der Waals surface area contributed by atoms with E-state index in [2.05, 4.69) is 0 Å². The Kier molecular flexibility index (Phi) is 3.65. The van der Waals surface area contributed by atoms with Crippen LogP contribution in [-0.4, -0.2) is 25.0 Å². The number of rotatable bonds is 4. The van der Waals surface area contributed by atoms with Gasteiger partial charge in [0, 0.05) is 12.2 Å². The SMILES string of the molecule is CCOC(=O)Cc1ccc2c(c1)CC(=O)N2CC. The largest absolute Gasteiger partial charge is 0.466 e. The van der Waals surface area contributed by atoms with Crippen molar-refractivity contribution in [2.45, 2.75) is 26.7 Å². The third kappa shape index (κ3) is 2.37. The molecule has 2 rings (SSSR count). The summed E-state index contributed by atoms with van der Waals surface area (Å²) in [7, 11) is 0. The first-order chi connectivity index (χ1) is 8.65. The number of carbonyl (C=O) groups excluding carboxylic acids is 2. The molecule has 0 radical (unpaired) electrons. The fraction of sp³-hybridized carbons (Fsp3) is 0.429. The van der Waals surface area contributed by atoms with Crippen LogP contribution in [0.2, 0.25) is 0 Å². The molecular weight excluding hydrogens is 230 g/mol. The maximum Gasteiger partial charge on any atom is 0.310 e. The Morgan fingerprint density at radius 1 is 1.39 bits per heavy atom. The number of hydrogen-bond donors (Lipinski definition) is 0. The molecule has 4 nitrogen and oxygen atoms in total. The molecule has 1 aliphatic rings. The molecule has 0 spiro atoms. The number of ether oxygens (including phenoxy) is 1. The number of benzene rings is 1. The second-order valence-electron chi connectivity index (χ2n) is 4.26. The van der Waals surface area contributed by atoms with Gasteiger partial charge in [-0.05, 0) is 31.0 Å². The number of fused-ring (bicyclic) bond motifs is 1. The second kappa shape index (κ2) is 5.21. The average molecular weight is 247 g/mol. The first-order valence-electron chi connectivity index (χ1n) is 6.23. The first-order valence-corrected chi connectivity index (χ1v) is 6.23. The maximum absolute atomic E-state index is 11.7. The quantitative estimate of drug-likeness (QED) is 0.761. The van der Waals surface area contributed by atoms with Crippen LogP contribution in [0.25, 0.3) is 0 Å². The highest BCUT2D eigenvalue weighted by molar-refractivity contribution is 6.01. The third-order valence-corrected chi connectivity index (χ3v) is 3.05. The standard InChI is InChI=1S/C14H17NO3/c1-3-15-12-6-5-10(8-14(17)18-4-2)7-11(12)9-13(15)16/h5-7H,3-4,8-9H2,1-2H3. The van der Waals surface area contributed by atoms with Gasteiger partial charge in [-0.2, -0.15) is 0 Å². The summed E-state index contributed by atoms with van der Waals surface area (Å²) >= 11 is 0. The van der Waals surface area contributed by atoms with E-state index in [0.29, 0.717) is 19.6 Å². The fourth-order valence-electron chi connectivity index (χ4n) is 2.27. The van der Waals surface area contributed by atoms with Gasteiger partial charge in [0.05, 0.1) is 19.4 Å². The normalized spacial score (nSPS) is 13.7. The van der Waals surface area contributed by atoms with E-state index in [0.717, 1.165) is 16.8 Å². The lowest BCUT2D eigenvalue weighted by Crippen LogP contribution is -2.25. The lowest BCUT2D eigenvalue weighted by molar-refractivity contribution is -0.142. The lowest BCUT2D eigenvalue weighted by Gasteiger charge is -2.14. The highest BCUT2D eigenvalue weighted by atomic mass is 16.5. The van der Waals surface area contributed by atoms with Crippen molar-refractivity contribution < 1.29 is 14.3 Å². The van der Waals surface area contributed by atoms with Crippen LogP contribution in [0.1, 0.15) is 25.0 Å². The van der Waals surface area contributed by atoms with Crippen molar-refractivity contribution in [2.75, 3.05) is 18.1 Å². The Labute approximate surface area is 107 Å². The molecule has 1 aliphatic heterocycles. The minimum atomic E-state index is -0.228. The molecule has 1 aromatic carbocycles. The van der Waals surface area contributed by atoms with Crippen LogP contribution in [0.3, 0.4) is 0 Å². The minimum absolute atomic E-state index is 0.126. The van der Waals surface area contributed by atoms with E-state index in [1.54, 1.807) is 11.8 Å². The van der Waals surface area contributed by atoms with E-state index in [-0.39, 0.29) is 18.3 Å². The Bertz CT molecular complexity index is 482. The van der Waals surface area contributed by atoms with Crippen LogP contribution in [0.5, 0.6) is 0 Å². The van der Waals surface area contributed by atoms with E-state index in [4.69, 9.17) is 4.74 Å². The van der Waals surface area contributed by atoms with Crippen molar-refractivity contribution in [3.63, 3.8) is 0 Å². The summed E-state index contributed by atoms with van der Waals surface area (Å²) in [5.74, 6) is -0.102. The molecule has 0 unspecified atom stereocenters. The van der Waals surface area contributed by atoms with Gasteiger partial charge in [0.1, 0.15) is 0 Å². The Hall–Kier alpha value is -1.84. The smallest absolute Gasteiger partial charge is 0.310 e. The molecular formula is C14H17NO3. The summed E-state index contributed by atoms with van der Waals surface area (Å²) in [5.41, 5.74) is 2.87. The Balaban J connectivity index is 2.17. The number of amides is 1. The molecule has 1 amide bonds. The molecule has 1 aromatic rings. The van der Waals surface area contributed by atoms with Crippen LogP contribution < -0.4 is 4.90 Å². The van der Waals surface area contributed by atoms with Crippen LogP contribution in [0.15, 0.2) is 18.2 Å². The molecule has 4 heteroatoms. The lowest BCUT2D eigenvalue weighted by atomic mass is 10.1. The molecule has 18 heavy (non-hydrogen) atoms. The highest BCUT2D eigenvalue weighted by Gasteiger charge is 2.25. The molecule has 0 saturated heterocycles. The Morgan fingerprint density at radius 3 is 2.83 bits per heavy atom. The molecule has 96 valence electrons. The summed E-state index contributed by atoms with van der Waals surface area (Å²) in [6, 6.07) is 5.73. The van der Waals surface area contributed by atoms with Gasteiger partial charge in [0.15, 0.2) is 0 Å². The molecule has 0 saturated carbocycles. The second-order valence-corrected chi connectivity index (χ2v) is 4.26. The van der Waals surface area contributed by atoms with Crippen LogP contribution in [0, 0.1) is 0 Å². The van der Waals surface area contributed by atoms with Gasteiger partial charge in [-0.25, -0.2) is 0 Å². The zero-order chi connectivity index (χ0) is 13.1. The first kappa shape index (κ1) is 12.6. The summed E-state index contributed by atoms with van der Waals surface area (Å²) in [6.45, 7) is 4.83. The summed E-state index contributed by atoms with van der Waals surface area (Å²) in [4.78, 5) is 24.9. The number of carbonyl (C=O) groups is 2. The van der Waals surface area contributed by atoms with Crippen molar-refractivity contribution in [1.82, 2.24) is 0 Å². The third-order valence-electron chi connectivity index (χ3n) is 3.05. The summed E-state index contributed by atoms with van der Waals surface area (Å²) in [5, 5.41) is 0. The molecule has 0 fully saturated rings. The topological polar surface area (TPSA) is 46.6 Å². The van der Waals surface area contributed by atoms with E-state index in [1.807, 2.05) is 25.1 Å². The number of likely N-dealkylation sites (N-methyl/N-ethyl adjacent to an activating group) is 1. The molecule has 0 N–H and O–H groups in total.